The second-order valence-corrected chi connectivity index (χ2v) is 12.0. The number of halogens is 2. The molecule has 0 bridgehead atoms. The van der Waals surface area contributed by atoms with E-state index in [0.29, 0.717) is 29.1 Å². The highest BCUT2D eigenvalue weighted by Gasteiger charge is 2.30. The summed E-state index contributed by atoms with van der Waals surface area (Å²) in [6.45, 7) is 4.97. The van der Waals surface area contributed by atoms with Crippen LogP contribution in [0.15, 0.2) is 54.7 Å². The number of pyridine rings is 2. The van der Waals surface area contributed by atoms with Gasteiger partial charge in [-0.05, 0) is 69.1 Å². The predicted molar refractivity (Wildman–Crippen MR) is 165 cm³/mol. The van der Waals surface area contributed by atoms with E-state index in [4.69, 9.17) is 19.4 Å². The first kappa shape index (κ1) is 30.2. The van der Waals surface area contributed by atoms with Crippen LogP contribution in [-0.4, -0.2) is 77.5 Å². The van der Waals surface area contributed by atoms with Crippen LogP contribution < -0.4 is 4.74 Å². The van der Waals surface area contributed by atoms with E-state index in [2.05, 4.69) is 21.9 Å². The summed E-state index contributed by atoms with van der Waals surface area (Å²) in [6, 6.07) is 14.7. The van der Waals surface area contributed by atoms with Crippen LogP contribution in [-0.2, 0) is 24.4 Å². The average molecular weight is 632 g/mol. The largest absolute Gasteiger partial charge is 0.477 e. The van der Waals surface area contributed by atoms with Crippen molar-refractivity contribution in [1.82, 2.24) is 34.2 Å². The number of carboxylic acids is 1. The van der Waals surface area contributed by atoms with Gasteiger partial charge >= 0.3 is 5.97 Å². The number of hydrogen-bond donors (Lipinski definition) is 1. The molecule has 2 saturated heterocycles. The van der Waals surface area contributed by atoms with Crippen LogP contribution in [0.4, 0.5) is 8.78 Å². The van der Waals surface area contributed by atoms with Gasteiger partial charge in [0.05, 0.1) is 30.4 Å². The Morgan fingerprint density at radius 1 is 1.09 bits per heavy atom. The Hall–Kier alpha value is -4.49. The molecule has 2 aliphatic heterocycles. The molecule has 0 amide bonds. The van der Waals surface area contributed by atoms with Crippen molar-refractivity contribution in [3.8, 4) is 5.88 Å². The maximum Gasteiger partial charge on any atom is 0.354 e. The first-order valence-electron chi connectivity index (χ1n) is 15.6. The summed E-state index contributed by atoms with van der Waals surface area (Å²) in [5.74, 6) is 0.596. The highest BCUT2D eigenvalue weighted by atomic mass is 19.3. The number of piperidine rings is 1. The third-order valence-electron chi connectivity index (χ3n) is 9.04. The second-order valence-electron chi connectivity index (χ2n) is 12.0. The number of benzene rings is 1. The number of ether oxygens (including phenoxy) is 2. The summed E-state index contributed by atoms with van der Waals surface area (Å²) in [4.78, 5) is 28.2. The van der Waals surface area contributed by atoms with Gasteiger partial charge in [-0.1, -0.05) is 18.2 Å². The Bertz CT molecular complexity index is 1860. The molecule has 7 rings (SSSR count). The number of aromatic nitrogens is 6. The van der Waals surface area contributed by atoms with E-state index in [1.807, 2.05) is 41.0 Å². The molecule has 2 aliphatic rings. The number of imidazole rings is 1. The molecule has 1 N–H and O–H groups in total. The molecule has 1 unspecified atom stereocenters. The van der Waals surface area contributed by atoms with Crippen molar-refractivity contribution in [2.45, 2.75) is 70.4 Å². The number of carboxylic acid groups (broad SMARTS) is 1. The van der Waals surface area contributed by atoms with Gasteiger partial charge in [-0.3, -0.25) is 9.58 Å². The van der Waals surface area contributed by atoms with E-state index < -0.39 is 18.9 Å². The number of nitrogens with zero attached hydrogens (tertiary/aromatic N) is 7. The molecule has 0 radical (unpaired) electrons. The van der Waals surface area contributed by atoms with E-state index in [1.54, 1.807) is 12.3 Å². The van der Waals surface area contributed by atoms with Crippen LogP contribution >= 0.6 is 0 Å². The summed E-state index contributed by atoms with van der Waals surface area (Å²) in [7, 11) is 0. The quantitative estimate of drug-likeness (QED) is 0.203. The molecular weight excluding hydrogens is 596 g/mol. The molecule has 1 aromatic carbocycles. The number of rotatable bonds is 11. The number of alkyl halides is 2. The number of carbonyl (C=O) groups is 1. The van der Waals surface area contributed by atoms with Gasteiger partial charge in [0.25, 0.3) is 6.43 Å². The summed E-state index contributed by atoms with van der Waals surface area (Å²) in [6.07, 6.45) is 1.97. The lowest BCUT2D eigenvalue weighted by atomic mass is 9.92. The third kappa shape index (κ3) is 6.16. The number of aromatic carboxylic acids is 1. The van der Waals surface area contributed by atoms with Gasteiger partial charge in [0, 0.05) is 29.7 Å². The van der Waals surface area contributed by atoms with Crippen LogP contribution in [0, 0.1) is 0 Å². The number of hydrogen-bond acceptors (Lipinski definition) is 8. The summed E-state index contributed by atoms with van der Waals surface area (Å²) in [5.41, 5.74) is 3.74. The SMILES string of the molecule is CC(c1nc2ccc(C(=O)O)nc2n1C[C@@H]1CCO1)N1CCC(c2cccc(OCc3ccc4cnn(CC(F)F)c4c3)n2)CC1. The van der Waals surface area contributed by atoms with E-state index >= 15 is 0 Å². The molecule has 2 fully saturated rings. The van der Waals surface area contributed by atoms with Crippen molar-refractivity contribution in [2.75, 3.05) is 19.7 Å². The van der Waals surface area contributed by atoms with Gasteiger partial charge < -0.3 is 19.1 Å². The Morgan fingerprint density at radius 2 is 1.91 bits per heavy atom. The van der Waals surface area contributed by atoms with Crippen LogP contribution in [0.2, 0.25) is 0 Å². The smallest absolute Gasteiger partial charge is 0.354 e. The Kier molecular flexibility index (Phi) is 8.34. The first-order chi connectivity index (χ1) is 22.3. The molecule has 0 spiro atoms. The van der Waals surface area contributed by atoms with Crippen molar-refractivity contribution < 1.29 is 28.2 Å². The lowest BCUT2D eigenvalue weighted by Crippen LogP contribution is -2.37. The van der Waals surface area contributed by atoms with Crippen LogP contribution in [0.1, 0.15) is 65.7 Å². The van der Waals surface area contributed by atoms with Gasteiger partial charge in [-0.15, -0.1) is 0 Å². The van der Waals surface area contributed by atoms with Gasteiger partial charge in [-0.2, -0.15) is 5.10 Å². The van der Waals surface area contributed by atoms with E-state index in [9.17, 15) is 18.7 Å². The Labute approximate surface area is 263 Å². The van der Waals surface area contributed by atoms with Crippen molar-refractivity contribution in [1.29, 1.82) is 0 Å². The maximum absolute atomic E-state index is 12.9. The zero-order valence-electron chi connectivity index (χ0n) is 25.4. The molecule has 6 heterocycles. The third-order valence-corrected chi connectivity index (χ3v) is 9.04. The first-order valence-corrected chi connectivity index (χ1v) is 15.6. The normalized spacial score (nSPS) is 18.3. The lowest BCUT2D eigenvalue weighted by Gasteiger charge is -2.36. The lowest BCUT2D eigenvalue weighted by molar-refractivity contribution is -0.0595. The average Bonchev–Trinajstić information content (AvgIpc) is 3.61. The highest BCUT2D eigenvalue weighted by molar-refractivity contribution is 5.88. The van der Waals surface area contributed by atoms with E-state index in [-0.39, 0.29) is 30.4 Å². The minimum atomic E-state index is -2.48. The standard InChI is InChI=1S/C33H35F2N7O4/c1-20(31-38-26-7-8-27(33(43)44)39-32(26)41(31)17-24-11-14-45-24)40-12-9-22(10-13-40)25-3-2-4-30(37-25)46-19-21-5-6-23-16-36-42(18-29(34)35)28(23)15-21/h2-8,15-16,20,22,24,29H,9-14,17-19H2,1H3,(H,43,44)/t20?,24-/m0/s1. The molecule has 46 heavy (non-hydrogen) atoms. The van der Waals surface area contributed by atoms with Crippen molar-refractivity contribution in [3.05, 3.63) is 77.5 Å². The summed E-state index contributed by atoms with van der Waals surface area (Å²) in [5, 5.41) is 14.4. The van der Waals surface area contributed by atoms with Crippen LogP contribution in [0.5, 0.6) is 5.88 Å². The zero-order chi connectivity index (χ0) is 31.8. The van der Waals surface area contributed by atoms with E-state index in [1.165, 1.54) is 10.7 Å². The minimum Gasteiger partial charge on any atom is -0.477 e. The van der Waals surface area contributed by atoms with Gasteiger partial charge in [0.1, 0.15) is 24.5 Å². The van der Waals surface area contributed by atoms with E-state index in [0.717, 1.165) is 61.4 Å². The minimum absolute atomic E-state index is 0.000265. The topological polar surface area (TPSA) is 120 Å². The van der Waals surface area contributed by atoms with Gasteiger partial charge in [0.15, 0.2) is 11.3 Å². The Balaban J connectivity index is 1.01. The van der Waals surface area contributed by atoms with Crippen LogP contribution in [0.25, 0.3) is 22.1 Å². The second kappa shape index (κ2) is 12.7. The number of fused-ring (bicyclic) bond motifs is 2. The summed E-state index contributed by atoms with van der Waals surface area (Å²) < 4.78 is 41.0. The van der Waals surface area contributed by atoms with Crippen molar-refractivity contribution >= 4 is 28.0 Å². The fourth-order valence-electron chi connectivity index (χ4n) is 6.39. The molecular formula is C33H35F2N7O4. The van der Waals surface area contributed by atoms with Gasteiger partial charge in [0.2, 0.25) is 5.88 Å². The molecule has 0 aliphatic carbocycles. The highest BCUT2D eigenvalue weighted by Crippen LogP contribution is 2.33. The molecule has 0 saturated carbocycles. The molecule has 5 aromatic rings. The summed E-state index contributed by atoms with van der Waals surface area (Å²) >= 11 is 0. The maximum atomic E-state index is 12.9. The molecule has 2 atom stereocenters. The molecule has 4 aromatic heterocycles. The van der Waals surface area contributed by atoms with Crippen LogP contribution in [0.3, 0.4) is 0 Å². The number of likely N-dealkylation sites (tertiary alicyclic amines) is 1. The molecule has 13 heteroatoms. The monoisotopic (exact) mass is 631 g/mol. The van der Waals surface area contributed by atoms with Crippen molar-refractivity contribution in [3.63, 3.8) is 0 Å². The van der Waals surface area contributed by atoms with Gasteiger partial charge in [-0.25, -0.2) is 28.5 Å². The fourth-order valence-corrected chi connectivity index (χ4v) is 6.39. The Morgan fingerprint density at radius 3 is 2.65 bits per heavy atom. The predicted octanol–water partition coefficient (Wildman–Crippen LogP) is 5.45. The molecule has 11 nitrogen and oxygen atoms in total. The molecule has 240 valence electrons. The fraction of sp³-hybridized carbons (Fsp3) is 0.424. The van der Waals surface area contributed by atoms with Crippen molar-refractivity contribution in [2.24, 2.45) is 0 Å². The zero-order valence-corrected chi connectivity index (χ0v) is 25.4.